The molecular weight excluding hydrogens is 322 g/mol. The van der Waals surface area contributed by atoms with E-state index in [-0.39, 0.29) is 11.9 Å². The Labute approximate surface area is 146 Å². The van der Waals surface area contributed by atoms with Crippen molar-refractivity contribution in [3.8, 4) is 0 Å². The van der Waals surface area contributed by atoms with Crippen molar-refractivity contribution in [2.24, 2.45) is 0 Å². The number of hydrogen-bond donors (Lipinski definition) is 1. The van der Waals surface area contributed by atoms with E-state index < -0.39 is 0 Å². The van der Waals surface area contributed by atoms with Gasteiger partial charge in [0.25, 0.3) is 5.91 Å². The third kappa shape index (κ3) is 3.82. The van der Waals surface area contributed by atoms with Crippen molar-refractivity contribution < 1.29 is 9.21 Å². The molecule has 3 heterocycles. The molecule has 1 saturated heterocycles. The minimum absolute atomic E-state index is 0.0829. The highest BCUT2D eigenvalue weighted by atomic mass is 32.2. The number of amides is 1. The van der Waals surface area contributed by atoms with Gasteiger partial charge in [0.05, 0.1) is 11.6 Å². The summed E-state index contributed by atoms with van der Waals surface area (Å²) in [6.07, 6.45) is 6.03. The van der Waals surface area contributed by atoms with Gasteiger partial charge in [-0.3, -0.25) is 9.69 Å². The zero-order chi connectivity index (χ0) is 16.9. The summed E-state index contributed by atoms with van der Waals surface area (Å²) in [7, 11) is 0. The molecule has 1 amide bonds. The molecule has 0 saturated carbocycles. The molecule has 2 aromatic rings. The Morgan fingerprint density at radius 3 is 2.83 bits per heavy atom. The number of rotatable bonds is 6. The SMILES string of the molecule is CSc1ncccc1C(=O)NCC(c1ccc(C)o1)N1CCCC1. The summed E-state index contributed by atoms with van der Waals surface area (Å²) >= 11 is 1.48. The molecule has 128 valence electrons. The van der Waals surface area contributed by atoms with Gasteiger partial charge in [-0.1, -0.05) is 0 Å². The number of nitrogens with one attached hydrogen (secondary N) is 1. The van der Waals surface area contributed by atoms with Crippen molar-refractivity contribution in [3.63, 3.8) is 0 Å². The minimum atomic E-state index is -0.0834. The number of likely N-dealkylation sites (tertiary alicyclic amines) is 1. The largest absolute Gasteiger partial charge is 0.465 e. The van der Waals surface area contributed by atoms with Crippen LogP contribution in [-0.2, 0) is 0 Å². The topological polar surface area (TPSA) is 58.4 Å². The van der Waals surface area contributed by atoms with Crippen LogP contribution in [0.25, 0.3) is 0 Å². The molecule has 1 N–H and O–H groups in total. The Balaban J connectivity index is 1.72. The molecule has 1 aliphatic heterocycles. The number of pyridine rings is 1. The lowest BCUT2D eigenvalue weighted by molar-refractivity contribution is 0.0930. The van der Waals surface area contributed by atoms with Gasteiger partial charge in [0.2, 0.25) is 0 Å². The molecule has 0 bridgehead atoms. The molecule has 2 aromatic heterocycles. The lowest BCUT2D eigenvalue weighted by atomic mass is 10.2. The molecule has 24 heavy (non-hydrogen) atoms. The molecule has 1 fully saturated rings. The first kappa shape index (κ1) is 17.0. The Kier molecular flexibility index (Phi) is 5.58. The van der Waals surface area contributed by atoms with E-state index in [0.717, 1.165) is 29.6 Å². The second kappa shape index (κ2) is 7.85. The highest BCUT2D eigenvalue weighted by Crippen LogP contribution is 2.26. The molecule has 5 nitrogen and oxygen atoms in total. The molecule has 0 aromatic carbocycles. The summed E-state index contributed by atoms with van der Waals surface area (Å²) in [6, 6.07) is 7.69. The number of carbonyl (C=O) groups is 1. The van der Waals surface area contributed by atoms with Crippen LogP contribution < -0.4 is 5.32 Å². The van der Waals surface area contributed by atoms with Crippen molar-refractivity contribution in [1.82, 2.24) is 15.2 Å². The van der Waals surface area contributed by atoms with Crippen molar-refractivity contribution in [2.45, 2.75) is 30.8 Å². The predicted octanol–water partition coefficient (Wildman–Crippen LogP) is 3.27. The van der Waals surface area contributed by atoms with Gasteiger partial charge in [-0.15, -0.1) is 11.8 Å². The number of aromatic nitrogens is 1. The second-order valence-corrected chi connectivity index (χ2v) is 6.77. The molecule has 3 rings (SSSR count). The molecular formula is C18H23N3O2S. The molecule has 0 aliphatic carbocycles. The van der Waals surface area contributed by atoms with E-state index >= 15 is 0 Å². The lowest BCUT2D eigenvalue weighted by Gasteiger charge is -2.26. The van der Waals surface area contributed by atoms with Crippen molar-refractivity contribution in [3.05, 3.63) is 47.5 Å². The molecule has 0 radical (unpaired) electrons. The zero-order valence-electron chi connectivity index (χ0n) is 14.1. The van der Waals surface area contributed by atoms with Gasteiger partial charge in [0, 0.05) is 12.7 Å². The van der Waals surface area contributed by atoms with Gasteiger partial charge >= 0.3 is 0 Å². The van der Waals surface area contributed by atoms with Crippen molar-refractivity contribution >= 4 is 17.7 Å². The number of furan rings is 1. The van der Waals surface area contributed by atoms with E-state index in [4.69, 9.17) is 4.42 Å². The summed E-state index contributed by atoms with van der Waals surface area (Å²) in [5.74, 6) is 1.74. The van der Waals surface area contributed by atoms with Gasteiger partial charge in [-0.2, -0.15) is 0 Å². The van der Waals surface area contributed by atoms with Gasteiger partial charge < -0.3 is 9.73 Å². The number of hydrogen-bond acceptors (Lipinski definition) is 5. The van der Waals surface area contributed by atoms with Crippen LogP contribution in [0.1, 0.15) is 40.8 Å². The summed E-state index contributed by atoms with van der Waals surface area (Å²) < 4.78 is 5.83. The van der Waals surface area contributed by atoms with Gasteiger partial charge in [0.15, 0.2) is 0 Å². The Hall–Kier alpha value is -1.79. The standard InChI is InChI=1S/C18H23N3O2S/c1-13-7-8-16(23-13)15(21-10-3-4-11-21)12-20-17(22)14-6-5-9-19-18(14)24-2/h5-9,15H,3-4,10-12H2,1-2H3,(H,20,22). The quantitative estimate of drug-likeness (QED) is 0.814. The zero-order valence-corrected chi connectivity index (χ0v) is 14.9. The van der Waals surface area contributed by atoms with E-state index in [9.17, 15) is 4.79 Å². The van der Waals surface area contributed by atoms with E-state index in [2.05, 4.69) is 15.2 Å². The molecule has 0 spiro atoms. The maximum atomic E-state index is 12.6. The maximum absolute atomic E-state index is 12.6. The Morgan fingerprint density at radius 1 is 1.38 bits per heavy atom. The van der Waals surface area contributed by atoms with Crippen molar-refractivity contribution in [1.29, 1.82) is 0 Å². The maximum Gasteiger partial charge on any atom is 0.254 e. The van der Waals surface area contributed by atoms with Gasteiger partial charge in [-0.05, 0) is 63.4 Å². The van der Waals surface area contributed by atoms with Crippen LogP contribution in [0, 0.1) is 6.92 Å². The molecule has 1 aliphatic rings. The first-order chi connectivity index (χ1) is 11.7. The van der Waals surface area contributed by atoms with E-state index in [1.165, 1.54) is 24.6 Å². The summed E-state index contributed by atoms with van der Waals surface area (Å²) in [5.41, 5.74) is 0.626. The van der Waals surface area contributed by atoms with Crippen LogP contribution in [0.3, 0.4) is 0 Å². The van der Waals surface area contributed by atoms with E-state index in [1.54, 1.807) is 12.3 Å². The highest BCUT2D eigenvalue weighted by molar-refractivity contribution is 7.98. The molecule has 1 atom stereocenters. The first-order valence-corrected chi connectivity index (χ1v) is 9.49. The van der Waals surface area contributed by atoms with Gasteiger partial charge in [-0.25, -0.2) is 4.98 Å². The highest BCUT2D eigenvalue weighted by Gasteiger charge is 2.26. The fourth-order valence-corrected chi connectivity index (χ4v) is 3.65. The van der Waals surface area contributed by atoms with Gasteiger partial charge in [0.1, 0.15) is 16.5 Å². The average Bonchev–Trinajstić information content (AvgIpc) is 3.27. The second-order valence-electron chi connectivity index (χ2n) is 5.98. The first-order valence-electron chi connectivity index (χ1n) is 8.26. The molecule has 1 unspecified atom stereocenters. The van der Waals surface area contributed by atoms with Crippen LogP contribution >= 0.6 is 11.8 Å². The number of nitrogens with zero attached hydrogens (tertiary/aromatic N) is 2. The van der Waals surface area contributed by atoms with Crippen LogP contribution in [0.4, 0.5) is 0 Å². The third-order valence-corrected chi connectivity index (χ3v) is 5.05. The summed E-state index contributed by atoms with van der Waals surface area (Å²) in [5, 5.41) is 3.82. The number of carbonyl (C=O) groups excluding carboxylic acids is 1. The van der Waals surface area contributed by atoms with Crippen molar-refractivity contribution in [2.75, 3.05) is 25.9 Å². The fraction of sp³-hybridized carbons (Fsp3) is 0.444. The Bertz CT molecular complexity index is 695. The average molecular weight is 345 g/mol. The predicted molar refractivity (Wildman–Crippen MR) is 95.3 cm³/mol. The minimum Gasteiger partial charge on any atom is -0.465 e. The summed E-state index contributed by atoms with van der Waals surface area (Å²) in [6.45, 7) is 4.57. The van der Waals surface area contributed by atoms with E-state index in [0.29, 0.717) is 12.1 Å². The van der Waals surface area contributed by atoms with E-state index in [1.807, 2.05) is 31.4 Å². The smallest absolute Gasteiger partial charge is 0.254 e. The van der Waals surface area contributed by atoms with Crippen LogP contribution in [0.5, 0.6) is 0 Å². The number of thioether (sulfide) groups is 1. The van der Waals surface area contributed by atoms with Crippen LogP contribution in [-0.4, -0.2) is 41.7 Å². The summed E-state index contributed by atoms with van der Waals surface area (Å²) in [4.78, 5) is 19.2. The number of aryl methyl sites for hydroxylation is 1. The Morgan fingerprint density at radius 2 is 2.17 bits per heavy atom. The fourth-order valence-electron chi connectivity index (χ4n) is 3.11. The van der Waals surface area contributed by atoms with Crippen LogP contribution in [0.2, 0.25) is 0 Å². The van der Waals surface area contributed by atoms with Crippen LogP contribution in [0.15, 0.2) is 39.9 Å². The lowest BCUT2D eigenvalue weighted by Crippen LogP contribution is -2.36. The third-order valence-electron chi connectivity index (χ3n) is 4.34. The molecule has 6 heteroatoms. The monoisotopic (exact) mass is 345 g/mol. The normalized spacial score (nSPS) is 16.2.